The van der Waals surface area contributed by atoms with E-state index in [2.05, 4.69) is 0 Å². The van der Waals surface area contributed by atoms with Crippen LogP contribution in [0.3, 0.4) is 0 Å². The summed E-state index contributed by atoms with van der Waals surface area (Å²) < 4.78 is 188. The van der Waals surface area contributed by atoms with E-state index in [9.17, 15) is 75.8 Å². The first-order chi connectivity index (χ1) is 10.4. The van der Waals surface area contributed by atoms with E-state index in [-0.39, 0.29) is 0 Å². The molecule has 0 unspecified atom stereocenters. The van der Waals surface area contributed by atoms with Gasteiger partial charge in [0.2, 0.25) is 0 Å². The number of halogens is 15. The SMILES string of the molecule is O=C([O-])C(F)(F)C(F)(F)C(F)(C(F)(F)C(F)(F)F)C(F)(F)C(F)(F)F. The van der Waals surface area contributed by atoms with Crippen molar-refractivity contribution in [1.29, 1.82) is 0 Å². The van der Waals surface area contributed by atoms with Crippen molar-refractivity contribution in [2.75, 3.05) is 0 Å². The normalized spacial score (nSPS) is 16.1. The van der Waals surface area contributed by atoms with Crippen molar-refractivity contribution in [3.8, 4) is 0 Å². The predicted octanol–water partition coefficient (Wildman–Crippen LogP) is 3.11. The molecule has 0 fully saturated rings. The Morgan fingerprint density at radius 1 is 0.520 bits per heavy atom. The van der Waals surface area contributed by atoms with E-state index in [1.165, 1.54) is 0 Å². The molecule has 0 atom stereocenters. The molecule has 25 heavy (non-hydrogen) atoms. The second kappa shape index (κ2) is 5.46. The number of carboxylic acid groups (broad SMARTS) is 1. The van der Waals surface area contributed by atoms with E-state index in [0.717, 1.165) is 0 Å². The third kappa shape index (κ3) is 2.74. The van der Waals surface area contributed by atoms with Gasteiger partial charge < -0.3 is 9.90 Å². The molecule has 0 heterocycles. The van der Waals surface area contributed by atoms with Crippen LogP contribution in [0.1, 0.15) is 0 Å². The van der Waals surface area contributed by atoms with Crippen molar-refractivity contribution in [2.45, 2.75) is 41.7 Å². The first kappa shape index (κ1) is 23.4. The number of aliphatic carboxylic acids is 1. The van der Waals surface area contributed by atoms with Gasteiger partial charge >= 0.3 is 41.7 Å². The molecule has 150 valence electrons. The Morgan fingerprint density at radius 3 is 0.920 bits per heavy atom. The Morgan fingerprint density at radius 2 is 0.760 bits per heavy atom. The monoisotopic (exact) mass is 413 g/mol. The first-order valence-electron chi connectivity index (χ1n) is 4.99. The molecule has 17 heteroatoms. The molecule has 0 aliphatic heterocycles. The number of hydrogen-bond donors (Lipinski definition) is 0. The Hall–Kier alpha value is -1.58. The van der Waals surface area contributed by atoms with E-state index in [1.807, 2.05) is 0 Å². The fourth-order valence-electron chi connectivity index (χ4n) is 1.33. The van der Waals surface area contributed by atoms with Gasteiger partial charge in [-0.25, -0.2) is 4.39 Å². The summed E-state index contributed by atoms with van der Waals surface area (Å²) in [6, 6.07) is 0. The highest BCUT2D eigenvalue weighted by molar-refractivity contribution is 5.75. The number of carboxylic acids is 1. The Kier molecular flexibility index (Phi) is 5.11. The molecule has 0 saturated heterocycles. The van der Waals surface area contributed by atoms with Gasteiger partial charge in [0.1, 0.15) is 5.97 Å². The minimum absolute atomic E-state index is 4.70. The van der Waals surface area contributed by atoms with Crippen molar-refractivity contribution in [2.24, 2.45) is 0 Å². The van der Waals surface area contributed by atoms with Crippen LogP contribution in [0, 0.1) is 0 Å². The van der Waals surface area contributed by atoms with Gasteiger partial charge in [0.05, 0.1) is 0 Å². The number of carbonyl (C=O) groups is 1. The van der Waals surface area contributed by atoms with Crippen LogP contribution in [0.15, 0.2) is 0 Å². The molecule has 0 rings (SSSR count). The Bertz CT molecular complexity index is 501. The molecule has 0 saturated carbocycles. The van der Waals surface area contributed by atoms with Gasteiger partial charge in [-0.15, -0.1) is 0 Å². The molecule has 0 amide bonds. The Balaban J connectivity index is 7.20. The van der Waals surface area contributed by atoms with E-state index in [0.29, 0.717) is 0 Å². The summed E-state index contributed by atoms with van der Waals surface area (Å²) in [5, 5.41) is 9.71. The van der Waals surface area contributed by atoms with Crippen molar-refractivity contribution < 1.29 is 75.8 Å². The summed E-state index contributed by atoms with van der Waals surface area (Å²) in [5.41, 5.74) is -8.80. The topological polar surface area (TPSA) is 40.1 Å². The van der Waals surface area contributed by atoms with Crippen molar-refractivity contribution in [3.63, 3.8) is 0 Å². The van der Waals surface area contributed by atoms with Crippen LogP contribution in [-0.4, -0.2) is 47.7 Å². The summed E-state index contributed by atoms with van der Waals surface area (Å²) in [5.74, 6) is -37.8. The smallest absolute Gasteiger partial charge is 0.457 e. The van der Waals surface area contributed by atoms with E-state index >= 15 is 0 Å². The second-order valence-corrected chi connectivity index (χ2v) is 4.24. The van der Waals surface area contributed by atoms with Crippen LogP contribution < -0.4 is 5.11 Å². The third-order valence-corrected chi connectivity index (χ3v) is 2.66. The lowest BCUT2D eigenvalue weighted by atomic mass is 9.79. The highest BCUT2D eigenvalue weighted by Gasteiger charge is 2.97. The van der Waals surface area contributed by atoms with Crippen LogP contribution in [0.2, 0.25) is 0 Å². The zero-order valence-corrected chi connectivity index (χ0v) is 10.5. The largest absolute Gasteiger partial charge is 0.544 e. The predicted molar refractivity (Wildman–Crippen MR) is 40.7 cm³/mol. The summed E-state index contributed by atoms with van der Waals surface area (Å²) in [6.45, 7) is 0. The van der Waals surface area contributed by atoms with Crippen molar-refractivity contribution in [1.82, 2.24) is 0 Å². The summed E-state index contributed by atoms with van der Waals surface area (Å²) in [6.07, 6.45) is -16.0. The summed E-state index contributed by atoms with van der Waals surface area (Å²) in [7, 11) is 0. The molecule has 0 bridgehead atoms. The highest BCUT2D eigenvalue weighted by atomic mass is 19.4. The molecule has 0 spiro atoms. The quantitative estimate of drug-likeness (QED) is 0.651. The summed E-state index contributed by atoms with van der Waals surface area (Å²) in [4.78, 5) is 9.71. The highest BCUT2D eigenvalue weighted by Crippen LogP contribution is 2.64. The second-order valence-electron chi connectivity index (χ2n) is 4.24. The standard InChI is InChI=1S/C8HF15O2/c9-2(10,1(24)25)4(12,13)3(11,5(14,15)7(18,19)20)6(16,17)8(21,22)23/h(H,24,25)/p-1. The van der Waals surface area contributed by atoms with E-state index < -0.39 is 47.7 Å². The number of hydrogen-bond acceptors (Lipinski definition) is 2. The van der Waals surface area contributed by atoms with Crippen molar-refractivity contribution >= 4 is 5.97 Å². The number of alkyl halides is 15. The molecular formula is C8F15O2-. The molecule has 0 aliphatic rings. The molecule has 0 aromatic rings. The molecule has 0 aromatic heterocycles. The van der Waals surface area contributed by atoms with Crippen LogP contribution in [-0.2, 0) is 4.79 Å². The van der Waals surface area contributed by atoms with Crippen molar-refractivity contribution in [3.05, 3.63) is 0 Å². The molecule has 0 N–H and O–H groups in total. The third-order valence-electron chi connectivity index (χ3n) is 2.66. The van der Waals surface area contributed by atoms with E-state index in [1.54, 1.807) is 0 Å². The maximum Gasteiger partial charge on any atom is 0.457 e. The molecule has 0 radical (unpaired) electrons. The van der Waals surface area contributed by atoms with Crippen LogP contribution in [0.4, 0.5) is 65.9 Å². The zero-order chi connectivity index (χ0) is 21.1. The lowest BCUT2D eigenvalue weighted by Crippen LogP contribution is -2.79. The maximum absolute atomic E-state index is 13.5. The lowest BCUT2D eigenvalue weighted by molar-refractivity contribution is -0.461. The average molecular weight is 413 g/mol. The zero-order valence-electron chi connectivity index (χ0n) is 10.5. The van der Waals surface area contributed by atoms with E-state index in [4.69, 9.17) is 0 Å². The van der Waals surface area contributed by atoms with Gasteiger partial charge in [-0.1, -0.05) is 0 Å². The van der Waals surface area contributed by atoms with Gasteiger partial charge in [-0.2, -0.15) is 61.5 Å². The van der Waals surface area contributed by atoms with Crippen LogP contribution >= 0.6 is 0 Å². The van der Waals surface area contributed by atoms with Gasteiger partial charge in [0, 0.05) is 0 Å². The first-order valence-corrected chi connectivity index (χ1v) is 4.99. The fraction of sp³-hybridized carbons (Fsp3) is 0.875. The maximum atomic E-state index is 13.5. The number of rotatable bonds is 5. The van der Waals surface area contributed by atoms with Gasteiger partial charge in [0.25, 0.3) is 0 Å². The average Bonchev–Trinajstić information content (AvgIpc) is 2.33. The minimum atomic E-state index is -8.80. The van der Waals surface area contributed by atoms with Gasteiger partial charge in [0.15, 0.2) is 0 Å². The van der Waals surface area contributed by atoms with Gasteiger partial charge in [-0.3, -0.25) is 0 Å². The molecule has 2 nitrogen and oxygen atoms in total. The molecular weight excluding hydrogens is 413 g/mol. The summed E-state index contributed by atoms with van der Waals surface area (Å²) >= 11 is 0. The lowest BCUT2D eigenvalue weighted by Gasteiger charge is -2.45. The number of carbonyl (C=O) groups excluding carboxylic acids is 1. The fourth-order valence-corrected chi connectivity index (χ4v) is 1.33. The van der Waals surface area contributed by atoms with Gasteiger partial charge in [-0.05, 0) is 0 Å². The Labute approximate surface area is 125 Å². The molecule has 0 aromatic carbocycles. The van der Waals surface area contributed by atoms with Crippen LogP contribution in [0.5, 0.6) is 0 Å². The molecule has 0 aliphatic carbocycles. The minimum Gasteiger partial charge on any atom is -0.544 e. The van der Waals surface area contributed by atoms with Crippen LogP contribution in [0.25, 0.3) is 0 Å².